The fourth-order valence-electron chi connectivity index (χ4n) is 18.6. The largest absolute Gasteiger partial charge is 0.477 e. The molecule has 0 fully saturated rings. The summed E-state index contributed by atoms with van der Waals surface area (Å²) in [4.78, 5) is 72.3. The average molecular weight is 1620 g/mol. The second-order valence-electron chi connectivity index (χ2n) is 36.4. The summed E-state index contributed by atoms with van der Waals surface area (Å²) in [6.45, 7) is 13.0. The molecule has 0 aromatic heterocycles. The van der Waals surface area contributed by atoms with E-state index in [9.17, 15) is 10.2 Å². The zero-order valence-electron chi connectivity index (χ0n) is 77.2. The number of amides is 4. The summed E-state index contributed by atoms with van der Waals surface area (Å²) in [6.07, 6.45) is 87.8. The number of ether oxygens (including phenoxy) is 2. The lowest BCUT2D eigenvalue weighted by Gasteiger charge is -2.57. The third-order valence-electron chi connectivity index (χ3n) is 25.8. The number of hydrogen-bond donors (Lipinski definition) is 6. The minimum absolute atomic E-state index is 0.140. The molecule has 4 atom stereocenters. The predicted octanol–water partition coefficient (Wildman–Crippen LogP) is 27.9. The summed E-state index contributed by atoms with van der Waals surface area (Å²) < 4.78 is 13.3. The molecule has 0 spiro atoms. The van der Waals surface area contributed by atoms with E-state index in [1.54, 1.807) is 0 Å². The van der Waals surface area contributed by atoms with Gasteiger partial charge in [-0.3, -0.25) is 19.2 Å². The Balaban J connectivity index is 2.80. The Morgan fingerprint density at radius 3 is 0.678 bits per heavy atom. The van der Waals surface area contributed by atoms with Crippen LogP contribution in [0.3, 0.4) is 0 Å². The Bertz CT molecular complexity index is 2150. The first-order valence-corrected chi connectivity index (χ1v) is 51.1. The zero-order chi connectivity index (χ0) is 83.2. The molecule has 2 aliphatic heterocycles. The van der Waals surface area contributed by atoms with Crippen molar-refractivity contribution in [2.75, 3.05) is 39.5 Å². The molecular weight excluding hydrogens is 1430 g/mol. The van der Waals surface area contributed by atoms with Crippen LogP contribution in [-0.4, -0.2) is 108 Å². The number of hydrogen-bond acceptors (Lipinski definition) is 10. The lowest BCUT2D eigenvalue weighted by atomic mass is 9.57. The van der Waals surface area contributed by atoms with Gasteiger partial charge in [0.15, 0.2) is 11.1 Å². The summed E-state index contributed by atoms with van der Waals surface area (Å²) in [5, 5.41) is 39.8. The highest BCUT2D eigenvalue weighted by Gasteiger charge is 2.65. The molecule has 14 nitrogen and oxygen atoms in total. The maximum absolute atomic E-state index is 15.7. The van der Waals surface area contributed by atoms with Gasteiger partial charge >= 0.3 is 0 Å². The van der Waals surface area contributed by atoms with E-state index in [0.29, 0.717) is 38.5 Å². The van der Waals surface area contributed by atoms with E-state index in [1.165, 1.54) is 321 Å². The molecule has 115 heavy (non-hydrogen) atoms. The Labute approximate surface area is 712 Å². The lowest BCUT2D eigenvalue weighted by Crippen LogP contribution is -2.81. The van der Waals surface area contributed by atoms with Crippen LogP contribution in [0.25, 0.3) is 0 Å². The van der Waals surface area contributed by atoms with Crippen LogP contribution in [0.4, 0.5) is 0 Å². The zero-order valence-corrected chi connectivity index (χ0v) is 77.2. The van der Waals surface area contributed by atoms with Crippen LogP contribution in [-0.2, 0) is 28.7 Å². The molecule has 2 aliphatic rings. The first kappa shape index (κ1) is 108. The minimum Gasteiger partial charge on any atom is -0.477 e. The second kappa shape index (κ2) is 78.0. The van der Waals surface area contributed by atoms with E-state index in [2.05, 4.69) is 62.3 Å². The number of carbonyl (C=O) groups is 4. The number of carbonyl (C=O) groups excluding carboxylic acids is 4. The van der Waals surface area contributed by atoms with Gasteiger partial charge < -0.3 is 41.0 Å². The molecule has 0 aromatic rings. The van der Waals surface area contributed by atoms with Gasteiger partial charge in [0.1, 0.15) is 13.2 Å². The van der Waals surface area contributed by atoms with Crippen molar-refractivity contribution in [3.63, 3.8) is 0 Å². The van der Waals surface area contributed by atoms with Crippen LogP contribution in [0.15, 0.2) is 9.98 Å². The highest BCUT2D eigenvalue weighted by Crippen LogP contribution is 2.48. The minimum atomic E-state index is -1.86. The fraction of sp³-hybridized carbons (Fsp3) is 0.931. The Morgan fingerprint density at radius 1 is 0.304 bits per heavy atom. The normalized spacial score (nSPS) is 15.0. The number of nitrogens with zero attached hydrogens (tertiary/aromatic N) is 2. The Kier molecular flexibility index (Phi) is 73.1. The first-order valence-electron chi connectivity index (χ1n) is 51.1. The third kappa shape index (κ3) is 53.3. The Morgan fingerprint density at radius 2 is 0.496 bits per heavy atom. The van der Waals surface area contributed by atoms with Crippen LogP contribution >= 0.6 is 0 Å². The summed E-state index contributed by atoms with van der Waals surface area (Å²) in [5.41, 5.74) is -5.12. The van der Waals surface area contributed by atoms with Gasteiger partial charge in [-0.05, 0) is 44.9 Å². The highest BCUT2D eigenvalue weighted by atomic mass is 16.5. The van der Waals surface area contributed by atoms with Crippen LogP contribution in [0.1, 0.15) is 536 Å². The molecule has 2 rings (SSSR count). The molecule has 0 aliphatic carbocycles. The van der Waals surface area contributed by atoms with E-state index in [1.807, 2.05) is 6.92 Å². The molecule has 0 saturated carbocycles. The Hall–Kier alpha value is -3.26. The molecule has 0 aromatic carbocycles. The molecule has 6 N–H and O–H groups in total. The molecule has 675 valence electrons. The van der Waals surface area contributed by atoms with Crippen molar-refractivity contribution >= 4 is 35.4 Å². The number of aliphatic hydroxyl groups is 2. The molecule has 1 radical (unpaired) electrons. The SMILES string of the molecule is C[CH]CC(CCCCCCCCCCCCC)(C(NC(=O)CCCCCCCCCCCCCCCCC)C(CO)(NC(=O)CCCCCCCCCCCCCCCCC)C1=NCCO1)C(NC(=O)CCCCCCCCCCCCCCCCC)C(CO)(NC(=O)CCCCCCCCCCCCCCCCC)C1=NCCO1. The van der Waals surface area contributed by atoms with E-state index >= 15 is 19.2 Å². The number of nitrogens with one attached hydrogen (secondary N) is 4. The topological polar surface area (TPSA) is 200 Å². The van der Waals surface area contributed by atoms with Crippen LogP contribution in [0.5, 0.6) is 0 Å². The quantitative estimate of drug-likeness (QED) is 0.0323. The van der Waals surface area contributed by atoms with E-state index < -0.39 is 41.8 Å². The van der Waals surface area contributed by atoms with Gasteiger partial charge in [0.2, 0.25) is 35.4 Å². The van der Waals surface area contributed by atoms with Gasteiger partial charge in [-0.25, -0.2) is 9.98 Å². The summed E-state index contributed by atoms with van der Waals surface area (Å²) in [5.74, 6) is -0.765. The van der Waals surface area contributed by atoms with Crippen LogP contribution in [0, 0.1) is 11.8 Å². The summed E-state index contributed by atoms with van der Waals surface area (Å²) in [6, 6.07) is -2.43. The van der Waals surface area contributed by atoms with E-state index in [-0.39, 0.29) is 93.8 Å². The summed E-state index contributed by atoms with van der Waals surface area (Å²) >= 11 is 0. The van der Waals surface area contributed by atoms with Crippen molar-refractivity contribution in [1.29, 1.82) is 0 Å². The van der Waals surface area contributed by atoms with Gasteiger partial charge in [-0.1, -0.05) is 472 Å². The predicted molar refractivity (Wildman–Crippen MR) is 493 cm³/mol. The number of rotatable bonds is 90. The van der Waals surface area contributed by atoms with E-state index in [0.717, 1.165) is 103 Å². The molecule has 4 unspecified atom stereocenters. The van der Waals surface area contributed by atoms with E-state index in [4.69, 9.17) is 19.5 Å². The van der Waals surface area contributed by atoms with Gasteiger partial charge in [-0.15, -0.1) is 0 Å². The standard InChI is InChI=1S/C101H193N6O8/c1-7-13-18-23-28-33-38-42-46-50-54-59-64-69-74-79-91(110)104-95(100(89-108,97-102-85-87-114-97)106-93(112)81-76-71-66-61-56-52-48-44-40-35-30-25-20-15-9-3)99(83-12-6,84-78-73-68-63-58-37-32-27-22-17-11-5)96(105-92(111)80-75-70-65-60-55-51-47-43-39-34-29-24-19-14-8-2)101(90-109,98-103-86-88-115-98)107-94(113)82-77-72-67-62-57-53-49-45-41-36-31-26-21-16-10-4/h12,95-96,108-109H,7-11,13-90H2,1-6H3,(H,104,110)(H,105,111)(H,106,112)(H,107,113). The number of aliphatic hydroxyl groups excluding tert-OH is 2. The van der Waals surface area contributed by atoms with Crippen LogP contribution < -0.4 is 21.3 Å². The monoisotopic (exact) mass is 1620 g/mol. The van der Waals surface area contributed by atoms with Gasteiger partial charge in [-0.2, -0.15) is 0 Å². The van der Waals surface area contributed by atoms with Gasteiger partial charge in [0.25, 0.3) is 0 Å². The van der Waals surface area contributed by atoms with Crippen molar-refractivity contribution in [1.82, 2.24) is 21.3 Å². The van der Waals surface area contributed by atoms with Crippen molar-refractivity contribution < 1.29 is 38.9 Å². The van der Waals surface area contributed by atoms with Gasteiger partial charge in [0, 0.05) is 31.1 Å². The number of unbranched alkanes of at least 4 members (excludes halogenated alkanes) is 66. The van der Waals surface area contributed by atoms with Crippen molar-refractivity contribution in [3.8, 4) is 0 Å². The van der Waals surface area contributed by atoms with Crippen molar-refractivity contribution in [3.05, 3.63) is 6.42 Å². The third-order valence-corrected chi connectivity index (χ3v) is 25.8. The smallest absolute Gasteiger partial charge is 0.220 e. The number of aliphatic imine (C=N–C) groups is 2. The fourth-order valence-corrected chi connectivity index (χ4v) is 18.6. The van der Waals surface area contributed by atoms with Crippen molar-refractivity contribution in [2.45, 2.75) is 559 Å². The van der Waals surface area contributed by atoms with Gasteiger partial charge in [0.05, 0.1) is 38.4 Å². The summed E-state index contributed by atoms with van der Waals surface area (Å²) in [7, 11) is 0. The maximum atomic E-state index is 15.7. The second-order valence-corrected chi connectivity index (χ2v) is 36.4. The molecule has 4 amide bonds. The molecule has 0 saturated heterocycles. The molecule has 2 heterocycles. The lowest BCUT2D eigenvalue weighted by molar-refractivity contribution is -0.132. The molecular formula is C101H193N6O8. The van der Waals surface area contributed by atoms with Crippen LogP contribution in [0.2, 0.25) is 0 Å². The highest BCUT2D eigenvalue weighted by molar-refractivity contribution is 5.96. The average Bonchev–Trinajstić information content (AvgIpc) is 1.61. The molecule has 14 heteroatoms. The molecule has 0 bridgehead atoms. The first-order chi connectivity index (χ1) is 56.5. The maximum Gasteiger partial charge on any atom is 0.220 e. The van der Waals surface area contributed by atoms with Crippen molar-refractivity contribution in [2.24, 2.45) is 15.4 Å².